The number of anilines is 1. The summed E-state index contributed by atoms with van der Waals surface area (Å²) in [6.07, 6.45) is 0. The SMILES string of the molecule is Cc1ccc(N2CCNC(C(C)(C)C)C2)c(Cl)c1. The number of nitrogens with zero attached hydrogens (tertiary/aromatic N) is 1. The molecule has 1 aliphatic rings. The molecule has 0 radical (unpaired) electrons. The molecular formula is C15H23ClN2. The summed E-state index contributed by atoms with van der Waals surface area (Å²) in [5.74, 6) is 0. The number of nitrogens with one attached hydrogen (secondary N) is 1. The van der Waals surface area contributed by atoms with Gasteiger partial charge in [0.1, 0.15) is 0 Å². The van der Waals surface area contributed by atoms with Crippen molar-refractivity contribution in [3.05, 3.63) is 28.8 Å². The third-order valence-corrected chi connectivity index (χ3v) is 3.97. The molecule has 18 heavy (non-hydrogen) atoms. The van der Waals surface area contributed by atoms with Gasteiger partial charge >= 0.3 is 0 Å². The molecule has 3 heteroatoms. The fourth-order valence-electron chi connectivity index (χ4n) is 2.42. The third-order valence-electron chi connectivity index (χ3n) is 3.66. The van der Waals surface area contributed by atoms with Crippen molar-refractivity contribution in [1.29, 1.82) is 0 Å². The quantitative estimate of drug-likeness (QED) is 0.837. The predicted molar refractivity (Wildman–Crippen MR) is 79.6 cm³/mol. The molecule has 1 aromatic rings. The molecular weight excluding hydrogens is 244 g/mol. The van der Waals surface area contributed by atoms with E-state index in [9.17, 15) is 0 Å². The van der Waals surface area contributed by atoms with Crippen LogP contribution >= 0.6 is 11.6 Å². The van der Waals surface area contributed by atoms with Gasteiger partial charge in [-0.25, -0.2) is 0 Å². The van der Waals surface area contributed by atoms with Crippen molar-refractivity contribution in [3.63, 3.8) is 0 Å². The van der Waals surface area contributed by atoms with Gasteiger partial charge in [0.15, 0.2) is 0 Å². The Morgan fingerprint density at radius 3 is 2.67 bits per heavy atom. The number of hydrogen-bond donors (Lipinski definition) is 1. The summed E-state index contributed by atoms with van der Waals surface area (Å²) in [6.45, 7) is 12.0. The van der Waals surface area contributed by atoms with Crippen LogP contribution in [-0.4, -0.2) is 25.7 Å². The molecule has 0 aliphatic carbocycles. The van der Waals surface area contributed by atoms with Crippen LogP contribution in [0.3, 0.4) is 0 Å². The van der Waals surface area contributed by atoms with Crippen molar-refractivity contribution in [1.82, 2.24) is 5.32 Å². The Morgan fingerprint density at radius 1 is 1.33 bits per heavy atom. The Morgan fingerprint density at radius 2 is 2.06 bits per heavy atom. The summed E-state index contributed by atoms with van der Waals surface area (Å²) in [5.41, 5.74) is 2.65. The van der Waals surface area contributed by atoms with Crippen molar-refractivity contribution in [2.45, 2.75) is 33.7 Å². The summed E-state index contributed by atoms with van der Waals surface area (Å²) < 4.78 is 0. The van der Waals surface area contributed by atoms with Crippen molar-refractivity contribution in [2.75, 3.05) is 24.5 Å². The van der Waals surface area contributed by atoms with E-state index in [1.54, 1.807) is 0 Å². The summed E-state index contributed by atoms with van der Waals surface area (Å²) >= 11 is 6.36. The summed E-state index contributed by atoms with van der Waals surface area (Å²) in [7, 11) is 0. The maximum atomic E-state index is 6.36. The zero-order valence-electron chi connectivity index (χ0n) is 11.8. The molecule has 0 bridgehead atoms. The van der Waals surface area contributed by atoms with Gasteiger partial charge in [-0.15, -0.1) is 0 Å². The fourth-order valence-corrected chi connectivity index (χ4v) is 2.77. The Bertz CT molecular complexity index is 423. The molecule has 2 rings (SSSR count). The van der Waals surface area contributed by atoms with Gasteiger partial charge in [-0.2, -0.15) is 0 Å². The van der Waals surface area contributed by atoms with Crippen LogP contribution in [0.25, 0.3) is 0 Å². The minimum Gasteiger partial charge on any atom is -0.367 e. The highest BCUT2D eigenvalue weighted by Crippen LogP contribution is 2.30. The normalized spacial score (nSPS) is 21.2. The zero-order valence-corrected chi connectivity index (χ0v) is 12.5. The maximum absolute atomic E-state index is 6.36. The first kappa shape index (κ1) is 13.7. The molecule has 0 spiro atoms. The van der Waals surface area contributed by atoms with Gasteiger partial charge in [-0.05, 0) is 30.0 Å². The highest BCUT2D eigenvalue weighted by Gasteiger charge is 2.29. The summed E-state index contributed by atoms with van der Waals surface area (Å²) in [4.78, 5) is 2.40. The molecule has 0 amide bonds. The highest BCUT2D eigenvalue weighted by molar-refractivity contribution is 6.33. The van der Waals surface area contributed by atoms with Crippen LogP contribution in [-0.2, 0) is 0 Å². The summed E-state index contributed by atoms with van der Waals surface area (Å²) in [6, 6.07) is 6.83. The maximum Gasteiger partial charge on any atom is 0.0642 e. The average molecular weight is 267 g/mol. The summed E-state index contributed by atoms with van der Waals surface area (Å²) in [5, 5.41) is 4.47. The predicted octanol–water partition coefficient (Wildman–Crippen LogP) is 3.47. The van der Waals surface area contributed by atoms with E-state index in [0.29, 0.717) is 6.04 Å². The van der Waals surface area contributed by atoms with E-state index in [0.717, 1.165) is 30.3 Å². The van der Waals surface area contributed by atoms with E-state index >= 15 is 0 Å². The first-order chi connectivity index (χ1) is 8.38. The lowest BCUT2D eigenvalue weighted by Gasteiger charge is -2.41. The molecule has 1 heterocycles. The highest BCUT2D eigenvalue weighted by atomic mass is 35.5. The Kier molecular flexibility index (Phi) is 3.88. The standard InChI is InChI=1S/C15H23ClN2/c1-11-5-6-13(12(16)9-11)18-8-7-17-14(10-18)15(2,3)4/h5-6,9,14,17H,7-8,10H2,1-4H3. The van der Waals surface area contributed by atoms with E-state index < -0.39 is 0 Å². The number of piperazine rings is 1. The van der Waals surface area contributed by atoms with E-state index in [-0.39, 0.29) is 5.41 Å². The number of hydrogen-bond acceptors (Lipinski definition) is 2. The molecule has 0 aromatic heterocycles. The molecule has 1 atom stereocenters. The van der Waals surface area contributed by atoms with E-state index in [2.05, 4.69) is 50.0 Å². The molecule has 1 N–H and O–H groups in total. The average Bonchev–Trinajstić information content (AvgIpc) is 2.28. The second-order valence-electron chi connectivity index (χ2n) is 6.27. The first-order valence-corrected chi connectivity index (χ1v) is 7.00. The van der Waals surface area contributed by atoms with Crippen LogP contribution in [0.5, 0.6) is 0 Å². The molecule has 0 saturated carbocycles. The van der Waals surface area contributed by atoms with E-state index in [1.165, 1.54) is 5.56 Å². The van der Waals surface area contributed by atoms with Crippen LogP contribution in [0.15, 0.2) is 18.2 Å². The topological polar surface area (TPSA) is 15.3 Å². The van der Waals surface area contributed by atoms with Crippen LogP contribution in [0.2, 0.25) is 5.02 Å². The lowest BCUT2D eigenvalue weighted by atomic mass is 9.85. The van der Waals surface area contributed by atoms with Gasteiger partial charge in [0.05, 0.1) is 10.7 Å². The lowest BCUT2D eigenvalue weighted by molar-refractivity contribution is 0.254. The first-order valence-electron chi connectivity index (χ1n) is 6.62. The molecule has 1 aliphatic heterocycles. The van der Waals surface area contributed by atoms with Gasteiger partial charge < -0.3 is 10.2 Å². The van der Waals surface area contributed by atoms with Crippen molar-refractivity contribution in [2.24, 2.45) is 5.41 Å². The van der Waals surface area contributed by atoms with Crippen LogP contribution < -0.4 is 10.2 Å². The number of aryl methyl sites for hydroxylation is 1. The number of benzene rings is 1. The Labute approximate surface area is 115 Å². The second kappa shape index (κ2) is 5.10. The number of halogens is 1. The Balaban J connectivity index is 2.18. The smallest absolute Gasteiger partial charge is 0.0642 e. The van der Waals surface area contributed by atoms with Crippen LogP contribution in [0, 0.1) is 12.3 Å². The zero-order chi connectivity index (χ0) is 13.3. The van der Waals surface area contributed by atoms with Crippen molar-refractivity contribution >= 4 is 17.3 Å². The van der Waals surface area contributed by atoms with Crippen molar-refractivity contribution in [3.8, 4) is 0 Å². The molecule has 1 aromatic carbocycles. The molecule has 1 saturated heterocycles. The van der Waals surface area contributed by atoms with Gasteiger partial charge in [0.25, 0.3) is 0 Å². The fraction of sp³-hybridized carbons (Fsp3) is 0.600. The van der Waals surface area contributed by atoms with Crippen molar-refractivity contribution < 1.29 is 0 Å². The third kappa shape index (κ3) is 2.99. The largest absolute Gasteiger partial charge is 0.367 e. The van der Waals surface area contributed by atoms with Crippen LogP contribution in [0.4, 0.5) is 5.69 Å². The molecule has 2 nitrogen and oxygen atoms in total. The van der Waals surface area contributed by atoms with E-state index in [4.69, 9.17) is 11.6 Å². The van der Waals surface area contributed by atoms with Gasteiger partial charge in [0, 0.05) is 25.7 Å². The van der Waals surface area contributed by atoms with Gasteiger partial charge in [-0.1, -0.05) is 38.4 Å². The minimum absolute atomic E-state index is 0.274. The molecule has 100 valence electrons. The monoisotopic (exact) mass is 266 g/mol. The number of rotatable bonds is 1. The molecule has 1 unspecified atom stereocenters. The van der Waals surface area contributed by atoms with Gasteiger partial charge in [0.2, 0.25) is 0 Å². The van der Waals surface area contributed by atoms with Gasteiger partial charge in [-0.3, -0.25) is 0 Å². The second-order valence-corrected chi connectivity index (χ2v) is 6.68. The van der Waals surface area contributed by atoms with Crippen LogP contribution in [0.1, 0.15) is 26.3 Å². The lowest BCUT2D eigenvalue weighted by Crippen LogP contribution is -2.56. The molecule has 1 fully saturated rings. The Hall–Kier alpha value is -0.730. The van der Waals surface area contributed by atoms with E-state index in [1.807, 2.05) is 6.07 Å². The minimum atomic E-state index is 0.274.